The van der Waals surface area contributed by atoms with Gasteiger partial charge in [0.05, 0.1) is 16.1 Å². The smallest absolute Gasteiger partial charge is 0.310 e. The third-order valence-electron chi connectivity index (χ3n) is 2.93. The Kier molecular flexibility index (Phi) is 5.72. The van der Waals surface area contributed by atoms with Crippen LogP contribution in [0.1, 0.15) is 5.56 Å². The van der Waals surface area contributed by atoms with Crippen LogP contribution in [0.5, 0.6) is 5.75 Å². The number of nitrogens with zero attached hydrogens (tertiary/aromatic N) is 3. The zero-order valence-electron chi connectivity index (χ0n) is 12.7. The van der Waals surface area contributed by atoms with E-state index in [0.29, 0.717) is 5.56 Å². The van der Waals surface area contributed by atoms with Gasteiger partial charge in [0.15, 0.2) is 12.4 Å². The number of amides is 1. The van der Waals surface area contributed by atoms with Gasteiger partial charge in [-0.3, -0.25) is 25.0 Å². The summed E-state index contributed by atoms with van der Waals surface area (Å²) >= 11 is 0. The first kappa shape index (κ1) is 17.5. The second-order valence-electron chi connectivity index (χ2n) is 4.66. The van der Waals surface area contributed by atoms with Gasteiger partial charge in [-0.25, -0.2) is 5.43 Å². The van der Waals surface area contributed by atoms with Crippen molar-refractivity contribution < 1.29 is 19.4 Å². The monoisotopic (exact) mass is 344 g/mol. The average molecular weight is 344 g/mol. The van der Waals surface area contributed by atoms with Crippen LogP contribution < -0.4 is 10.2 Å². The molecule has 1 amide bonds. The van der Waals surface area contributed by atoms with Gasteiger partial charge in [0.2, 0.25) is 0 Å². The first-order chi connectivity index (χ1) is 12.0. The molecule has 10 nitrogen and oxygen atoms in total. The van der Waals surface area contributed by atoms with E-state index >= 15 is 0 Å². The molecule has 0 aliphatic rings. The first-order valence-corrected chi connectivity index (χ1v) is 6.90. The van der Waals surface area contributed by atoms with Gasteiger partial charge >= 0.3 is 5.69 Å². The Bertz CT molecular complexity index is 819. The molecular weight excluding hydrogens is 332 g/mol. The number of ether oxygens (including phenoxy) is 1. The highest BCUT2D eigenvalue weighted by Crippen LogP contribution is 2.25. The van der Waals surface area contributed by atoms with Crippen LogP contribution in [-0.2, 0) is 4.79 Å². The minimum atomic E-state index is -0.615. The lowest BCUT2D eigenvalue weighted by Crippen LogP contribution is -2.24. The van der Waals surface area contributed by atoms with Crippen molar-refractivity contribution in [3.63, 3.8) is 0 Å². The van der Waals surface area contributed by atoms with E-state index < -0.39 is 22.4 Å². The van der Waals surface area contributed by atoms with Crippen molar-refractivity contribution in [1.29, 1.82) is 0 Å². The van der Waals surface area contributed by atoms with Crippen molar-refractivity contribution in [1.82, 2.24) is 5.43 Å². The highest BCUT2D eigenvalue weighted by atomic mass is 16.6. The first-order valence-electron chi connectivity index (χ1n) is 6.90. The molecule has 0 fully saturated rings. The Hall–Kier alpha value is -3.82. The van der Waals surface area contributed by atoms with Crippen molar-refractivity contribution in [3.05, 3.63) is 74.3 Å². The summed E-state index contributed by atoms with van der Waals surface area (Å²) in [7, 11) is 0. The number of nitrogens with one attached hydrogen (secondary N) is 1. The molecule has 0 unspecified atom stereocenters. The fourth-order valence-corrected chi connectivity index (χ4v) is 1.77. The van der Waals surface area contributed by atoms with Crippen LogP contribution in [0.2, 0.25) is 0 Å². The number of nitro groups is 2. The van der Waals surface area contributed by atoms with E-state index in [4.69, 9.17) is 4.74 Å². The number of para-hydroxylation sites is 2. The van der Waals surface area contributed by atoms with Crippen molar-refractivity contribution in [3.8, 4) is 5.75 Å². The predicted molar refractivity (Wildman–Crippen MR) is 87.4 cm³/mol. The molecule has 2 aromatic carbocycles. The van der Waals surface area contributed by atoms with Crippen LogP contribution in [-0.4, -0.2) is 28.6 Å². The molecular formula is C15H12N4O6. The van der Waals surface area contributed by atoms with E-state index in [1.54, 1.807) is 6.07 Å². The standard InChI is InChI=1S/C15H12N4O6/c20-15(10-25-14-4-2-1-3-13(14)19(23)24)17-16-9-11-5-7-12(8-6-11)18(21)22/h1-9H,10H2,(H,17,20)/b16-9+. The van der Waals surface area contributed by atoms with Crippen molar-refractivity contribution in [2.75, 3.05) is 6.61 Å². The largest absolute Gasteiger partial charge is 0.477 e. The zero-order valence-corrected chi connectivity index (χ0v) is 12.7. The van der Waals surface area contributed by atoms with Crippen LogP contribution in [0, 0.1) is 20.2 Å². The lowest BCUT2D eigenvalue weighted by molar-refractivity contribution is -0.385. The summed E-state index contributed by atoms with van der Waals surface area (Å²) in [4.78, 5) is 31.8. The Morgan fingerprint density at radius 2 is 1.76 bits per heavy atom. The molecule has 0 aliphatic heterocycles. The van der Waals surface area contributed by atoms with Gasteiger partial charge < -0.3 is 4.74 Å². The Morgan fingerprint density at radius 1 is 1.08 bits per heavy atom. The topological polar surface area (TPSA) is 137 Å². The number of hydrogen-bond acceptors (Lipinski definition) is 7. The van der Waals surface area contributed by atoms with E-state index in [9.17, 15) is 25.0 Å². The number of hydrogen-bond donors (Lipinski definition) is 1. The number of benzene rings is 2. The molecule has 0 heterocycles. The highest BCUT2D eigenvalue weighted by Gasteiger charge is 2.14. The van der Waals surface area contributed by atoms with E-state index in [1.165, 1.54) is 48.7 Å². The molecule has 0 saturated carbocycles. The second-order valence-corrected chi connectivity index (χ2v) is 4.66. The molecule has 1 N–H and O–H groups in total. The van der Waals surface area contributed by atoms with Crippen LogP contribution >= 0.6 is 0 Å². The number of carbonyl (C=O) groups excluding carboxylic acids is 1. The third-order valence-corrected chi connectivity index (χ3v) is 2.93. The second kappa shape index (κ2) is 8.15. The van der Waals surface area contributed by atoms with Crippen LogP contribution in [0.25, 0.3) is 0 Å². The maximum Gasteiger partial charge on any atom is 0.310 e. The average Bonchev–Trinajstić information content (AvgIpc) is 2.60. The maximum absolute atomic E-state index is 11.6. The van der Waals surface area contributed by atoms with Gasteiger partial charge in [-0.15, -0.1) is 0 Å². The quantitative estimate of drug-likeness (QED) is 0.463. The van der Waals surface area contributed by atoms with Crippen molar-refractivity contribution in [2.45, 2.75) is 0 Å². The number of nitro benzene ring substituents is 2. The lowest BCUT2D eigenvalue weighted by Gasteiger charge is -2.05. The molecule has 0 aromatic heterocycles. The number of carbonyl (C=O) groups is 1. The molecule has 0 aliphatic carbocycles. The molecule has 0 spiro atoms. The molecule has 128 valence electrons. The lowest BCUT2D eigenvalue weighted by atomic mass is 10.2. The van der Waals surface area contributed by atoms with Gasteiger partial charge in [-0.05, 0) is 23.8 Å². The fraction of sp³-hybridized carbons (Fsp3) is 0.0667. The molecule has 0 atom stereocenters. The fourth-order valence-electron chi connectivity index (χ4n) is 1.77. The Morgan fingerprint density at radius 3 is 2.40 bits per heavy atom. The van der Waals surface area contributed by atoms with Gasteiger partial charge in [0, 0.05) is 18.2 Å². The summed E-state index contributed by atoms with van der Waals surface area (Å²) < 4.78 is 5.10. The highest BCUT2D eigenvalue weighted by molar-refractivity contribution is 5.83. The number of non-ortho nitro benzene ring substituents is 1. The summed E-state index contributed by atoms with van der Waals surface area (Å²) in [6.45, 7) is -0.456. The predicted octanol–water partition coefficient (Wildman–Crippen LogP) is 2.03. The summed E-state index contributed by atoms with van der Waals surface area (Å²) in [5, 5.41) is 25.0. The van der Waals surface area contributed by atoms with Gasteiger partial charge in [0.25, 0.3) is 11.6 Å². The molecule has 2 aromatic rings. The van der Waals surface area contributed by atoms with Crippen molar-refractivity contribution >= 4 is 23.5 Å². The molecule has 0 bridgehead atoms. The van der Waals surface area contributed by atoms with Gasteiger partial charge in [0.1, 0.15) is 0 Å². The minimum absolute atomic E-state index is 0.0259. The van der Waals surface area contributed by atoms with Crippen molar-refractivity contribution in [2.24, 2.45) is 5.10 Å². The van der Waals surface area contributed by atoms with Gasteiger partial charge in [-0.2, -0.15) is 5.10 Å². The third kappa shape index (κ3) is 5.10. The van der Waals surface area contributed by atoms with E-state index in [0.717, 1.165) is 0 Å². The van der Waals surface area contributed by atoms with Crippen LogP contribution in [0.15, 0.2) is 53.6 Å². The summed E-state index contributed by atoms with van der Waals surface area (Å²) in [6.07, 6.45) is 1.30. The zero-order chi connectivity index (χ0) is 18.2. The van der Waals surface area contributed by atoms with Crippen LogP contribution in [0.3, 0.4) is 0 Å². The molecule has 10 heteroatoms. The Labute approximate surface area is 141 Å². The Balaban J connectivity index is 1.86. The van der Waals surface area contributed by atoms with E-state index in [-0.39, 0.29) is 17.1 Å². The molecule has 0 saturated heterocycles. The normalized spacial score (nSPS) is 10.4. The van der Waals surface area contributed by atoms with E-state index in [1.807, 2.05) is 0 Å². The SMILES string of the molecule is O=C(COc1ccccc1[N+](=O)[O-])N/N=C/c1ccc([N+](=O)[O-])cc1. The summed E-state index contributed by atoms with van der Waals surface area (Å²) in [5.74, 6) is -0.640. The van der Waals surface area contributed by atoms with Gasteiger partial charge in [-0.1, -0.05) is 12.1 Å². The summed E-state index contributed by atoms with van der Waals surface area (Å²) in [6, 6.07) is 11.2. The molecule has 25 heavy (non-hydrogen) atoms. The molecule has 2 rings (SSSR count). The minimum Gasteiger partial charge on any atom is -0.477 e. The summed E-state index contributed by atoms with van der Waals surface area (Å²) in [5.41, 5.74) is 2.43. The van der Waals surface area contributed by atoms with Crippen LogP contribution in [0.4, 0.5) is 11.4 Å². The molecule has 0 radical (unpaired) electrons. The maximum atomic E-state index is 11.6. The number of hydrazone groups is 1. The number of rotatable bonds is 7. The van der Waals surface area contributed by atoms with E-state index in [2.05, 4.69) is 10.5 Å².